The molecule has 1 aliphatic heterocycles. The zero-order chi connectivity index (χ0) is 19.3. The van der Waals surface area contributed by atoms with Gasteiger partial charge in [0.05, 0.1) is 11.2 Å². The molecule has 1 fully saturated rings. The van der Waals surface area contributed by atoms with Crippen molar-refractivity contribution < 1.29 is 9.50 Å². The number of nitrogens with one attached hydrogen (secondary N) is 1. The topological polar surface area (TPSA) is 65.7 Å². The lowest BCUT2D eigenvalue weighted by Crippen LogP contribution is -2.43. The number of fused-ring (bicyclic) bond motifs is 2. The number of aromatic hydroxyl groups is 1. The van der Waals surface area contributed by atoms with Crippen LogP contribution in [0.15, 0.2) is 42.7 Å². The molecule has 1 saturated heterocycles. The van der Waals surface area contributed by atoms with E-state index in [2.05, 4.69) is 26.3 Å². The Morgan fingerprint density at radius 3 is 2.71 bits per heavy atom. The highest BCUT2D eigenvalue weighted by atomic mass is 19.1. The predicted octanol–water partition coefficient (Wildman–Crippen LogP) is 3.11. The highest BCUT2D eigenvalue weighted by Gasteiger charge is 2.18. The van der Waals surface area contributed by atoms with Gasteiger partial charge in [-0.3, -0.25) is 0 Å². The van der Waals surface area contributed by atoms with Crippen molar-refractivity contribution in [3.8, 4) is 17.0 Å². The Hall–Kier alpha value is -3.19. The molecule has 4 aromatic rings. The largest absolute Gasteiger partial charge is 0.493 e. The monoisotopic (exact) mass is 377 g/mol. The average Bonchev–Trinajstić information content (AvgIpc) is 3.08. The van der Waals surface area contributed by atoms with Crippen molar-refractivity contribution in [3.63, 3.8) is 0 Å². The van der Waals surface area contributed by atoms with E-state index in [1.165, 1.54) is 6.07 Å². The van der Waals surface area contributed by atoms with E-state index >= 15 is 0 Å². The predicted molar refractivity (Wildman–Crippen MR) is 107 cm³/mol. The summed E-state index contributed by atoms with van der Waals surface area (Å²) in [4.78, 5) is 10.9. The lowest BCUT2D eigenvalue weighted by atomic mass is 10.0. The Bertz CT molecular complexity index is 1200. The van der Waals surface area contributed by atoms with Crippen LogP contribution in [0.1, 0.15) is 5.69 Å². The quantitative estimate of drug-likeness (QED) is 0.562. The number of nitrogens with zero attached hydrogens (tertiary/aromatic N) is 4. The number of rotatable bonds is 2. The number of aryl methyl sites for hydroxylation is 1. The van der Waals surface area contributed by atoms with Crippen LogP contribution in [0.2, 0.25) is 0 Å². The van der Waals surface area contributed by atoms with Gasteiger partial charge < -0.3 is 19.7 Å². The first-order chi connectivity index (χ1) is 13.6. The van der Waals surface area contributed by atoms with Crippen LogP contribution in [0.3, 0.4) is 0 Å². The van der Waals surface area contributed by atoms with Crippen LogP contribution >= 0.6 is 0 Å². The third-order valence-corrected chi connectivity index (χ3v) is 5.21. The third-order valence-electron chi connectivity index (χ3n) is 5.21. The second-order valence-electron chi connectivity index (χ2n) is 7.12. The number of pyridine rings is 2. The average molecular weight is 377 g/mol. The lowest BCUT2D eigenvalue weighted by molar-refractivity contribution is 0.456. The van der Waals surface area contributed by atoms with Crippen molar-refractivity contribution in [1.29, 1.82) is 0 Å². The molecule has 4 heterocycles. The SMILES string of the molecule is Cc1cn2cc(-c3ccc(N4CCNCC4)c4ccc(O)nc34)cc(F)c2n1. The van der Waals surface area contributed by atoms with Crippen molar-refractivity contribution in [3.05, 3.63) is 54.2 Å². The van der Waals surface area contributed by atoms with Crippen molar-refractivity contribution >= 4 is 22.2 Å². The van der Waals surface area contributed by atoms with Crippen molar-refractivity contribution in [2.24, 2.45) is 0 Å². The van der Waals surface area contributed by atoms with Gasteiger partial charge in [0, 0.05) is 66.8 Å². The van der Waals surface area contributed by atoms with Gasteiger partial charge >= 0.3 is 0 Å². The summed E-state index contributed by atoms with van der Waals surface area (Å²) in [5, 5.41) is 14.3. The molecule has 0 aliphatic carbocycles. The summed E-state index contributed by atoms with van der Waals surface area (Å²) >= 11 is 0. The molecule has 2 N–H and O–H groups in total. The summed E-state index contributed by atoms with van der Waals surface area (Å²) in [7, 11) is 0. The van der Waals surface area contributed by atoms with Gasteiger partial charge in [-0.2, -0.15) is 0 Å². The minimum Gasteiger partial charge on any atom is -0.493 e. The summed E-state index contributed by atoms with van der Waals surface area (Å²) in [6, 6.07) is 8.97. The van der Waals surface area contributed by atoms with Gasteiger partial charge in [-0.15, -0.1) is 0 Å². The molecule has 0 atom stereocenters. The first-order valence-corrected chi connectivity index (χ1v) is 9.34. The van der Waals surface area contributed by atoms with Gasteiger partial charge in [-0.1, -0.05) is 6.07 Å². The number of piperazine rings is 1. The summed E-state index contributed by atoms with van der Waals surface area (Å²) in [6.07, 6.45) is 3.65. The maximum atomic E-state index is 14.6. The Kier molecular flexibility index (Phi) is 3.91. The molecule has 0 bridgehead atoms. The molecule has 6 nitrogen and oxygen atoms in total. The van der Waals surface area contributed by atoms with Crippen LogP contribution in [0.4, 0.5) is 10.1 Å². The summed E-state index contributed by atoms with van der Waals surface area (Å²) in [5.41, 5.74) is 4.26. The van der Waals surface area contributed by atoms with Gasteiger partial charge in [-0.25, -0.2) is 14.4 Å². The Balaban J connectivity index is 1.73. The summed E-state index contributed by atoms with van der Waals surface area (Å²) in [6.45, 7) is 5.51. The van der Waals surface area contributed by atoms with E-state index in [1.54, 1.807) is 16.7 Å². The number of hydrogen-bond acceptors (Lipinski definition) is 5. The molecule has 28 heavy (non-hydrogen) atoms. The van der Waals surface area contributed by atoms with Crippen LogP contribution in [-0.2, 0) is 0 Å². The molecule has 1 aromatic carbocycles. The van der Waals surface area contributed by atoms with E-state index in [4.69, 9.17) is 0 Å². The van der Waals surface area contributed by atoms with Gasteiger partial charge in [-0.05, 0) is 25.1 Å². The molecule has 0 saturated carbocycles. The Morgan fingerprint density at radius 2 is 1.89 bits per heavy atom. The zero-order valence-electron chi connectivity index (χ0n) is 15.5. The fourth-order valence-corrected chi connectivity index (χ4v) is 3.93. The van der Waals surface area contributed by atoms with Crippen LogP contribution in [0.5, 0.6) is 5.88 Å². The number of imidazole rings is 1. The fraction of sp³-hybridized carbons (Fsp3) is 0.238. The maximum Gasteiger partial charge on any atom is 0.211 e. The van der Waals surface area contributed by atoms with E-state index in [-0.39, 0.29) is 11.7 Å². The zero-order valence-corrected chi connectivity index (χ0v) is 15.5. The molecular formula is C21H20FN5O. The van der Waals surface area contributed by atoms with Crippen LogP contribution < -0.4 is 10.2 Å². The van der Waals surface area contributed by atoms with Crippen LogP contribution in [-0.4, -0.2) is 45.7 Å². The smallest absolute Gasteiger partial charge is 0.211 e. The van der Waals surface area contributed by atoms with Gasteiger partial charge in [0.25, 0.3) is 0 Å². The first-order valence-electron chi connectivity index (χ1n) is 9.34. The van der Waals surface area contributed by atoms with E-state index in [0.717, 1.165) is 48.5 Å². The minimum atomic E-state index is -0.384. The van der Waals surface area contributed by atoms with Crippen molar-refractivity contribution in [1.82, 2.24) is 19.7 Å². The number of anilines is 1. The molecular weight excluding hydrogens is 357 g/mol. The molecule has 3 aromatic heterocycles. The van der Waals surface area contributed by atoms with Crippen molar-refractivity contribution in [2.45, 2.75) is 6.92 Å². The van der Waals surface area contributed by atoms with E-state index in [9.17, 15) is 9.50 Å². The van der Waals surface area contributed by atoms with Gasteiger partial charge in [0.2, 0.25) is 5.88 Å². The van der Waals surface area contributed by atoms with Crippen molar-refractivity contribution in [2.75, 3.05) is 31.1 Å². The molecule has 7 heteroatoms. The van der Waals surface area contributed by atoms with E-state index < -0.39 is 0 Å². The van der Waals surface area contributed by atoms with Gasteiger partial charge in [0.1, 0.15) is 0 Å². The standard InChI is InChI=1S/C21H20FN5O/c1-13-11-27-12-14(10-17(22)21(27)24-13)15-2-4-18(26-8-6-23-7-9-26)16-3-5-19(28)25-20(15)16/h2-5,10-12,23H,6-9H2,1H3,(H,25,28). The van der Waals surface area contributed by atoms with Gasteiger partial charge in [0.15, 0.2) is 11.5 Å². The Labute approximate surface area is 161 Å². The van der Waals surface area contributed by atoms with Crippen LogP contribution in [0.25, 0.3) is 27.7 Å². The number of benzene rings is 1. The number of halogens is 1. The van der Waals surface area contributed by atoms with Crippen LogP contribution in [0, 0.1) is 12.7 Å². The lowest BCUT2D eigenvalue weighted by Gasteiger charge is -2.30. The molecule has 0 amide bonds. The number of hydrogen-bond donors (Lipinski definition) is 2. The highest BCUT2D eigenvalue weighted by Crippen LogP contribution is 2.35. The number of aromatic nitrogens is 3. The normalized spacial score (nSPS) is 14.9. The van der Waals surface area contributed by atoms with E-state index in [0.29, 0.717) is 16.7 Å². The second-order valence-corrected chi connectivity index (χ2v) is 7.12. The summed E-state index contributed by atoms with van der Waals surface area (Å²) < 4.78 is 16.3. The summed E-state index contributed by atoms with van der Waals surface area (Å²) in [5.74, 6) is -0.434. The molecule has 0 spiro atoms. The Morgan fingerprint density at radius 1 is 1.07 bits per heavy atom. The molecule has 0 unspecified atom stereocenters. The molecule has 5 rings (SSSR count). The van der Waals surface area contributed by atoms with E-state index in [1.807, 2.05) is 25.3 Å². The highest BCUT2D eigenvalue weighted by molar-refractivity contribution is 6.01. The first kappa shape index (κ1) is 16.9. The maximum absolute atomic E-state index is 14.6. The molecule has 1 aliphatic rings. The fourth-order valence-electron chi connectivity index (χ4n) is 3.93. The minimum absolute atomic E-state index is 0.0498. The molecule has 142 valence electrons. The molecule has 0 radical (unpaired) electrons. The second kappa shape index (κ2) is 6.45. The third kappa shape index (κ3) is 2.75.